The number of hydrogen-bond acceptors (Lipinski definition) is 10. The second kappa shape index (κ2) is 29.2. The van der Waals surface area contributed by atoms with Gasteiger partial charge < -0.3 is 51.1 Å². The molecule has 0 rings (SSSR count). The van der Waals surface area contributed by atoms with E-state index in [9.17, 15) is 0 Å². The summed E-state index contributed by atoms with van der Waals surface area (Å²) in [6.07, 6.45) is 0. The van der Waals surface area contributed by atoms with E-state index in [0.717, 1.165) is 0 Å². The zero-order chi connectivity index (χ0) is 13.4. The maximum atomic E-state index is 8.25. The third-order valence-electron chi connectivity index (χ3n) is 0. The van der Waals surface area contributed by atoms with Gasteiger partial charge in [-0.15, -0.1) is 0 Å². The van der Waals surface area contributed by atoms with Gasteiger partial charge in [-0.25, -0.2) is 0 Å². The fourth-order valence-electron chi connectivity index (χ4n) is 0. The molecule has 0 saturated heterocycles. The Balaban J connectivity index is -0.0000000331. The monoisotopic (exact) mass is 288 g/mol. The third kappa shape index (κ3) is 402. The first-order chi connectivity index (χ1) is 6.61. The summed E-state index contributed by atoms with van der Waals surface area (Å²) in [5.74, 6) is 0. The number of rotatable bonds is 0. The van der Waals surface area contributed by atoms with Crippen molar-refractivity contribution in [2.75, 3.05) is 6.61 Å². The van der Waals surface area contributed by atoms with Gasteiger partial charge in [0.2, 0.25) is 0 Å². The van der Waals surface area contributed by atoms with E-state index in [0.29, 0.717) is 0 Å². The molecule has 97 valence electrons. The summed E-state index contributed by atoms with van der Waals surface area (Å²) in [5, 5.41) is 51.8. The number of nitrogens with zero attached hydrogens (tertiary/aromatic N) is 3. The van der Waals surface area contributed by atoms with E-state index in [1.165, 1.54) is 0 Å². The van der Waals surface area contributed by atoms with Crippen molar-refractivity contribution in [3.63, 3.8) is 0 Å². The van der Waals surface area contributed by atoms with Crippen molar-refractivity contribution in [3.05, 3.63) is 46.0 Å². The Labute approximate surface area is 97.7 Å². The van der Waals surface area contributed by atoms with Gasteiger partial charge >= 0.3 is 17.1 Å². The van der Waals surface area contributed by atoms with Crippen LogP contribution in [0.5, 0.6) is 0 Å². The standard InChI is InChI=1S/C2H6O.Fe.3NO3/c1-2-3;;3*2-1(3)4/h3H,2H2,1H3;;;;/q;+3;3*-1. The van der Waals surface area contributed by atoms with Gasteiger partial charge in [-0.3, -0.25) is 0 Å². The normalized spacial score (nSPS) is 5.62. The first-order valence-corrected chi connectivity index (χ1v) is 2.67. The van der Waals surface area contributed by atoms with Crippen molar-refractivity contribution in [2.24, 2.45) is 0 Å². The van der Waals surface area contributed by atoms with Crippen LogP contribution in [-0.4, -0.2) is 27.0 Å². The second-order valence-electron chi connectivity index (χ2n) is 0.987. The molecule has 1 radical (unpaired) electrons. The predicted molar refractivity (Wildman–Crippen MR) is 43.8 cm³/mol. The first kappa shape index (κ1) is 29.2. The number of aliphatic hydroxyl groups is 1. The SMILES string of the molecule is CCO.O=[N+]([O-])[O-].O=[N+]([O-])[O-].O=[N+]([O-])[O-].[Fe+3]. The smallest absolute Gasteiger partial charge is 0.397 e. The van der Waals surface area contributed by atoms with Crippen LogP contribution in [-0.2, 0) is 17.1 Å². The molecule has 0 atom stereocenters. The minimum Gasteiger partial charge on any atom is -0.397 e. The Bertz CT molecular complexity index is 133. The average molecular weight is 288 g/mol. The maximum absolute atomic E-state index is 8.25. The van der Waals surface area contributed by atoms with Gasteiger partial charge in [0.05, 0.1) is 15.3 Å². The van der Waals surface area contributed by atoms with Crippen molar-refractivity contribution >= 4 is 0 Å². The molecule has 0 saturated carbocycles. The van der Waals surface area contributed by atoms with Gasteiger partial charge in [-0.2, -0.15) is 0 Å². The summed E-state index contributed by atoms with van der Waals surface area (Å²) in [7, 11) is 0. The van der Waals surface area contributed by atoms with E-state index in [-0.39, 0.29) is 23.7 Å². The second-order valence-corrected chi connectivity index (χ2v) is 0.987. The van der Waals surface area contributed by atoms with Crippen molar-refractivity contribution in [3.8, 4) is 0 Å². The largest absolute Gasteiger partial charge is 3.00 e. The Morgan fingerprint density at radius 1 is 0.812 bits per heavy atom. The van der Waals surface area contributed by atoms with Crippen LogP contribution in [0.15, 0.2) is 0 Å². The van der Waals surface area contributed by atoms with E-state index in [1.54, 1.807) is 6.92 Å². The van der Waals surface area contributed by atoms with Crippen LogP contribution in [0.25, 0.3) is 0 Å². The molecule has 0 aromatic heterocycles. The zero-order valence-electron chi connectivity index (χ0n) is 7.52. The fraction of sp³-hybridized carbons (Fsp3) is 1.00. The molecule has 0 aliphatic carbocycles. The predicted octanol–water partition coefficient (Wildman–Crippen LogP) is -0.721. The van der Waals surface area contributed by atoms with Crippen LogP contribution in [0, 0.1) is 46.0 Å². The molecule has 0 amide bonds. The van der Waals surface area contributed by atoms with Gasteiger partial charge in [-0.05, 0) is 6.92 Å². The van der Waals surface area contributed by atoms with Crippen LogP contribution in [0.3, 0.4) is 0 Å². The van der Waals surface area contributed by atoms with E-state index in [4.69, 9.17) is 51.1 Å². The van der Waals surface area contributed by atoms with Crippen molar-refractivity contribution in [1.29, 1.82) is 0 Å². The van der Waals surface area contributed by atoms with Crippen LogP contribution < -0.4 is 0 Å². The van der Waals surface area contributed by atoms with E-state index >= 15 is 0 Å². The molecule has 0 bridgehead atoms. The van der Waals surface area contributed by atoms with Gasteiger partial charge in [0.25, 0.3) is 0 Å². The van der Waals surface area contributed by atoms with Crippen LogP contribution in [0.1, 0.15) is 6.92 Å². The van der Waals surface area contributed by atoms with Gasteiger partial charge in [0, 0.05) is 6.61 Å². The van der Waals surface area contributed by atoms with Crippen LogP contribution in [0.2, 0.25) is 0 Å². The summed E-state index contributed by atoms with van der Waals surface area (Å²) in [4.78, 5) is 24.8. The number of aliphatic hydroxyl groups excluding tert-OH is 1. The molecule has 16 heavy (non-hydrogen) atoms. The van der Waals surface area contributed by atoms with Crippen molar-refractivity contribution in [1.82, 2.24) is 0 Å². The summed E-state index contributed by atoms with van der Waals surface area (Å²) in [6.45, 7) is 1.93. The topological polar surface area (TPSA) is 219 Å². The Morgan fingerprint density at radius 3 is 0.812 bits per heavy atom. The molecule has 0 aliphatic heterocycles. The fourth-order valence-corrected chi connectivity index (χ4v) is 0. The molecule has 0 heterocycles. The van der Waals surface area contributed by atoms with E-state index in [2.05, 4.69) is 0 Å². The molecular weight excluding hydrogens is 282 g/mol. The minimum atomic E-state index is -1.75. The summed E-state index contributed by atoms with van der Waals surface area (Å²) in [6, 6.07) is 0. The minimum absolute atomic E-state index is 0. The van der Waals surface area contributed by atoms with Gasteiger partial charge in [-0.1, -0.05) is 0 Å². The molecule has 0 aromatic rings. The molecule has 0 aromatic carbocycles. The first-order valence-electron chi connectivity index (χ1n) is 2.67. The molecular formula is C2H6FeN3O10. The Morgan fingerprint density at radius 2 is 0.812 bits per heavy atom. The van der Waals surface area contributed by atoms with Crippen molar-refractivity contribution < 1.29 is 37.4 Å². The Kier molecular flexibility index (Phi) is 53.4. The van der Waals surface area contributed by atoms with E-state index < -0.39 is 15.3 Å². The van der Waals surface area contributed by atoms with Crippen molar-refractivity contribution in [2.45, 2.75) is 6.92 Å². The van der Waals surface area contributed by atoms with Crippen LogP contribution in [0.4, 0.5) is 0 Å². The number of hydrogen-bond donors (Lipinski definition) is 1. The Hall–Kier alpha value is -1.92. The van der Waals surface area contributed by atoms with Gasteiger partial charge in [0.1, 0.15) is 0 Å². The molecule has 13 nitrogen and oxygen atoms in total. The molecule has 14 heteroatoms. The summed E-state index contributed by atoms with van der Waals surface area (Å²) < 4.78 is 0. The zero-order valence-corrected chi connectivity index (χ0v) is 8.63. The molecule has 0 spiro atoms. The van der Waals surface area contributed by atoms with Gasteiger partial charge in [0.15, 0.2) is 0 Å². The summed E-state index contributed by atoms with van der Waals surface area (Å²) >= 11 is 0. The average Bonchev–Trinajstić information content (AvgIpc) is 1.81. The third-order valence-corrected chi connectivity index (χ3v) is 0. The molecule has 0 unspecified atom stereocenters. The van der Waals surface area contributed by atoms with E-state index in [1.807, 2.05) is 0 Å². The maximum Gasteiger partial charge on any atom is 3.00 e. The quantitative estimate of drug-likeness (QED) is 0.334. The van der Waals surface area contributed by atoms with Crippen LogP contribution >= 0.6 is 0 Å². The molecule has 1 N–H and O–H groups in total. The summed E-state index contributed by atoms with van der Waals surface area (Å²) in [5.41, 5.74) is 0. The molecule has 0 aliphatic rings. The molecule has 0 fully saturated rings.